The molecule has 0 aliphatic carbocycles. The summed E-state index contributed by atoms with van der Waals surface area (Å²) in [6, 6.07) is 2.99. The summed E-state index contributed by atoms with van der Waals surface area (Å²) in [7, 11) is -3.55. The maximum absolute atomic E-state index is 11.9. The second-order valence-corrected chi connectivity index (χ2v) is 6.89. The number of pyridine rings is 1. The normalized spacial score (nSPS) is 13.6. The van der Waals surface area contributed by atoms with Gasteiger partial charge in [0.25, 0.3) is 0 Å². The summed E-state index contributed by atoms with van der Waals surface area (Å²) < 4.78 is 26.3. The molecule has 0 fully saturated rings. The van der Waals surface area contributed by atoms with E-state index in [2.05, 4.69) is 16.6 Å². The van der Waals surface area contributed by atoms with Crippen molar-refractivity contribution < 1.29 is 8.42 Å². The lowest BCUT2D eigenvalue weighted by atomic mass is 10.3. The molecule has 1 rings (SSSR count). The Labute approximate surface area is 111 Å². The first kappa shape index (κ1) is 14.8. The van der Waals surface area contributed by atoms with Crippen molar-refractivity contribution >= 4 is 33.4 Å². The maximum atomic E-state index is 11.9. The lowest BCUT2D eigenvalue weighted by Gasteiger charge is -2.10. The van der Waals surface area contributed by atoms with E-state index < -0.39 is 10.0 Å². The summed E-state index contributed by atoms with van der Waals surface area (Å²) in [6.07, 6.45) is 4.23. The Morgan fingerprint density at radius 3 is 2.88 bits per heavy atom. The van der Waals surface area contributed by atoms with Crippen LogP contribution in [0, 0.1) is 0 Å². The van der Waals surface area contributed by atoms with Gasteiger partial charge in [0, 0.05) is 18.0 Å². The van der Waals surface area contributed by atoms with Gasteiger partial charge in [0.2, 0.25) is 10.0 Å². The van der Waals surface area contributed by atoms with Gasteiger partial charge in [-0.1, -0.05) is 18.5 Å². The van der Waals surface area contributed by atoms with Crippen LogP contribution in [0.2, 0.25) is 5.15 Å². The van der Waals surface area contributed by atoms with Gasteiger partial charge in [0.1, 0.15) is 10.0 Å². The Hall–Kier alpha value is -0.300. The van der Waals surface area contributed by atoms with Gasteiger partial charge in [-0.3, -0.25) is 0 Å². The molecule has 7 heteroatoms. The minimum atomic E-state index is -3.55. The summed E-state index contributed by atoms with van der Waals surface area (Å²) >= 11 is 7.44. The molecule has 0 aliphatic heterocycles. The first-order valence-corrected chi connectivity index (χ1v) is 8.25. The van der Waals surface area contributed by atoms with E-state index in [1.807, 2.05) is 6.26 Å². The molecule has 0 aromatic carbocycles. The van der Waals surface area contributed by atoms with E-state index in [0.29, 0.717) is 11.8 Å². The Balaban J connectivity index is 2.67. The third kappa shape index (κ3) is 4.46. The van der Waals surface area contributed by atoms with Crippen LogP contribution in [-0.2, 0) is 10.0 Å². The molecule has 0 saturated carbocycles. The zero-order chi connectivity index (χ0) is 12.9. The van der Waals surface area contributed by atoms with Crippen molar-refractivity contribution in [1.82, 2.24) is 9.71 Å². The van der Waals surface area contributed by atoms with Crippen LogP contribution in [0.5, 0.6) is 0 Å². The second kappa shape index (κ2) is 6.58. The monoisotopic (exact) mass is 294 g/mol. The van der Waals surface area contributed by atoms with Crippen molar-refractivity contribution in [3.05, 3.63) is 23.5 Å². The molecule has 0 radical (unpaired) electrons. The smallest absolute Gasteiger partial charge is 0.243 e. The van der Waals surface area contributed by atoms with E-state index in [0.717, 1.165) is 6.42 Å². The van der Waals surface area contributed by atoms with Crippen LogP contribution in [0.25, 0.3) is 0 Å². The van der Waals surface area contributed by atoms with Crippen LogP contribution in [0.1, 0.15) is 13.3 Å². The van der Waals surface area contributed by atoms with Gasteiger partial charge >= 0.3 is 0 Å². The number of sulfonamides is 1. The molecule has 1 atom stereocenters. The van der Waals surface area contributed by atoms with E-state index in [-0.39, 0.29) is 10.0 Å². The molecule has 1 aromatic rings. The maximum Gasteiger partial charge on any atom is 0.243 e. The van der Waals surface area contributed by atoms with Gasteiger partial charge in [-0.15, -0.1) is 0 Å². The molecular weight excluding hydrogens is 280 g/mol. The van der Waals surface area contributed by atoms with Crippen molar-refractivity contribution in [1.29, 1.82) is 0 Å². The molecule has 0 saturated heterocycles. The van der Waals surface area contributed by atoms with Gasteiger partial charge in [-0.05, 0) is 24.8 Å². The first-order chi connectivity index (χ1) is 7.97. The first-order valence-electron chi connectivity index (χ1n) is 5.10. The SMILES string of the molecule is CSC(C)CCNS(=O)(=O)c1cccnc1Cl. The number of hydrogen-bond donors (Lipinski definition) is 1. The van der Waals surface area contributed by atoms with Crippen molar-refractivity contribution in [2.45, 2.75) is 23.5 Å². The largest absolute Gasteiger partial charge is 0.243 e. The van der Waals surface area contributed by atoms with Gasteiger partial charge in [0.15, 0.2) is 0 Å². The Morgan fingerprint density at radius 1 is 1.59 bits per heavy atom. The molecule has 0 spiro atoms. The van der Waals surface area contributed by atoms with E-state index in [4.69, 9.17) is 11.6 Å². The fourth-order valence-corrected chi connectivity index (χ4v) is 3.02. The van der Waals surface area contributed by atoms with Crippen LogP contribution in [-0.4, -0.2) is 31.5 Å². The predicted molar refractivity (Wildman–Crippen MR) is 72.0 cm³/mol. The van der Waals surface area contributed by atoms with Crippen molar-refractivity contribution in [2.24, 2.45) is 0 Å². The van der Waals surface area contributed by atoms with Crippen LogP contribution >= 0.6 is 23.4 Å². The Bertz CT molecular complexity index is 465. The predicted octanol–water partition coefficient (Wildman–Crippen LogP) is 2.15. The molecule has 0 amide bonds. The van der Waals surface area contributed by atoms with E-state index >= 15 is 0 Å². The Kier molecular flexibility index (Phi) is 5.72. The quantitative estimate of drug-likeness (QED) is 0.817. The lowest BCUT2D eigenvalue weighted by molar-refractivity contribution is 0.578. The molecule has 4 nitrogen and oxygen atoms in total. The highest BCUT2D eigenvalue weighted by Crippen LogP contribution is 2.17. The number of nitrogens with zero attached hydrogens (tertiary/aromatic N) is 1. The third-order valence-corrected chi connectivity index (χ3v) is 5.21. The van der Waals surface area contributed by atoms with E-state index in [1.165, 1.54) is 12.3 Å². The van der Waals surface area contributed by atoms with Gasteiger partial charge in [0.05, 0.1) is 0 Å². The average Bonchev–Trinajstić information content (AvgIpc) is 2.28. The van der Waals surface area contributed by atoms with Gasteiger partial charge in [-0.2, -0.15) is 11.8 Å². The Morgan fingerprint density at radius 2 is 2.29 bits per heavy atom. The molecule has 17 heavy (non-hydrogen) atoms. The standard InChI is InChI=1S/C10H15ClN2O2S2/c1-8(16-2)5-7-13-17(14,15)9-4-3-6-12-10(9)11/h3-4,6,8,13H,5,7H2,1-2H3. The summed E-state index contributed by atoms with van der Waals surface area (Å²) in [5.74, 6) is 0. The van der Waals surface area contributed by atoms with Crippen molar-refractivity contribution in [3.63, 3.8) is 0 Å². The minimum Gasteiger partial charge on any atom is -0.243 e. The fourth-order valence-electron chi connectivity index (χ4n) is 1.16. The molecule has 1 heterocycles. The summed E-state index contributed by atoms with van der Waals surface area (Å²) in [5.41, 5.74) is 0. The topological polar surface area (TPSA) is 59.1 Å². The highest BCUT2D eigenvalue weighted by atomic mass is 35.5. The van der Waals surface area contributed by atoms with E-state index in [1.54, 1.807) is 17.8 Å². The summed E-state index contributed by atoms with van der Waals surface area (Å²) in [6.45, 7) is 2.45. The molecule has 0 aliphatic rings. The zero-order valence-corrected chi connectivity index (χ0v) is 12.1. The minimum absolute atomic E-state index is 0.00193. The number of rotatable bonds is 6. The highest BCUT2D eigenvalue weighted by Gasteiger charge is 2.17. The molecule has 1 aromatic heterocycles. The molecule has 1 N–H and O–H groups in total. The lowest BCUT2D eigenvalue weighted by Crippen LogP contribution is -2.26. The van der Waals surface area contributed by atoms with Crippen molar-refractivity contribution in [3.8, 4) is 0 Å². The van der Waals surface area contributed by atoms with Crippen molar-refractivity contribution in [2.75, 3.05) is 12.8 Å². The molecule has 96 valence electrons. The zero-order valence-electron chi connectivity index (χ0n) is 9.68. The average molecular weight is 295 g/mol. The van der Waals surface area contributed by atoms with Gasteiger partial charge < -0.3 is 0 Å². The number of nitrogens with one attached hydrogen (secondary N) is 1. The van der Waals surface area contributed by atoms with Gasteiger partial charge in [-0.25, -0.2) is 18.1 Å². The second-order valence-electron chi connectivity index (χ2n) is 3.53. The van der Waals surface area contributed by atoms with Crippen LogP contribution < -0.4 is 4.72 Å². The number of hydrogen-bond acceptors (Lipinski definition) is 4. The summed E-state index contributed by atoms with van der Waals surface area (Å²) in [4.78, 5) is 3.77. The van der Waals surface area contributed by atoms with E-state index in [9.17, 15) is 8.42 Å². The van der Waals surface area contributed by atoms with Crippen LogP contribution in [0.3, 0.4) is 0 Å². The number of thioether (sulfide) groups is 1. The van der Waals surface area contributed by atoms with Crippen LogP contribution in [0.4, 0.5) is 0 Å². The van der Waals surface area contributed by atoms with Crippen LogP contribution in [0.15, 0.2) is 23.2 Å². The fraction of sp³-hybridized carbons (Fsp3) is 0.500. The molecule has 1 unspecified atom stereocenters. The molecular formula is C10H15ClN2O2S2. The highest BCUT2D eigenvalue weighted by molar-refractivity contribution is 7.99. The number of aromatic nitrogens is 1. The summed E-state index contributed by atoms with van der Waals surface area (Å²) in [5, 5.41) is 0.417. The molecule has 0 bridgehead atoms. The third-order valence-electron chi connectivity index (χ3n) is 2.26. The number of halogens is 1.